The third-order valence-electron chi connectivity index (χ3n) is 4.74. The molecule has 1 fully saturated rings. The van der Waals surface area contributed by atoms with Crippen LogP contribution in [-0.2, 0) is 21.4 Å². The molecule has 2 aromatic rings. The number of rotatable bonds is 6. The summed E-state index contributed by atoms with van der Waals surface area (Å²) in [5.74, 6) is -0.0604. The molecule has 1 N–H and O–H groups in total. The van der Waals surface area contributed by atoms with E-state index in [1.165, 1.54) is 4.31 Å². The van der Waals surface area contributed by atoms with Crippen LogP contribution >= 0.6 is 15.9 Å². The molecule has 3 rings (SSSR count). The first-order chi connectivity index (χ1) is 13.3. The van der Waals surface area contributed by atoms with Gasteiger partial charge in [0, 0.05) is 37.2 Å². The minimum atomic E-state index is -3.48. The van der Waals surface area contributed by atoms with Crippen LogP contribution in [0.25, 0.3) is 0 Å². The van der Waals surface area contributed by atoms with Crippen molar-refractivity contribution in [3.63, 3.8) is 0 Å². The van der Waals surface area contributed by atoms with Crippen LogP contribution in [0, 0.1) is 6.92 Å². The zero-order valence-electron chi connectivity index (χ0n) is 15.8. The van der Waals surface area contributed by atoms with Gasteiger partial charge in [-0.15, -0.1) is 0 Å². The van der Waals surface area contributed by atoms with Gasteiger partial charge < -0.3 is 5.32 Å². The molecule has 0 unspecified atom stereocenters. The maximum Gasteiger partial charge on any atom is 0.243 e. The Labute approximate surface area is 174 Å². The van der Waals surface area contributed by atoms with Gasteiger partial charge in [-0.25, -0.2) is 8.42 Å². The molecular weight excluding hydrogens is 442 g/mol. The summed E-state index contributed by atoms with van der Waals surface area (Å²) >= 11 is 3.42. The minimum absolute atomic E-state index is 0.0604. The number of piperazine rings is 1. The van der Waals surface area contributed by atoms with Crippen LogP contribution in [0.2, 0.25) is 0 Å². The van der Waals surface area contributed by atoms with Gasteiger partial charge in [0.05, 0.1) is 11.4 Å². The number of aryl methyl sites for hydroxylation is 1. The number of hydrogen-bond acceptors (Lipinski definition) is 4. The van der Waals surface area contributed by atoms with E-state index < -0.39 is 10.0 Å². The van der Waals surface area contributed by atoms with Crippen molar-refractivity contribution in [3.8, 4) is 0 Å². The van der Waals surface area contributed by atoms with E-state index in [0.717, 1.165) is 15.6 Å². The number of sulfonamides is 1. The Hall–Kier alpha value is -1.74. The summed E-state index contributed by atoms with van der Waals surface area (Å²) in [6, 6.07) is 14.7. The summed E-state index contributed by atoms with van der Waals surface area (Å²) in [5, 5.41) is 2.91. The van der Waals surface area contributed by atoms with E-state index in [1.54, 1.807) is 24.3 Å². The normalized spacial score (nSPS) is 16.1. The molecule has 0 spiro atoms. The quantitative estimate of drug-likeness (QED) is 0.710. The molecule has 150 valence electrons. The van der Waals surface area contributed by atoms with Crippen molar-refractivity contribution in [1.82, 2.24) is 14.5 Å². The lowest BCUT2D eigenvalue weighted by molar-refractivity contribution is -0.122. The fraction of sp³-hybridized carbons (Fsp3) is 0.350. The highest BCUT2D eigenvalue weighted by Crippen LogP contribution is 2.18. The van der Waals surface area contributed by atoms with Gasteiger partial charge in [-0.1, -0.05) is 45.8 Å². The standard InChI is InChI=1S/C20H24BrN3O3S/c1-16-5-7-19(8-6-16)28(26,27)24-11-9-23(10-12-24)15-20(25)22-14-17-3-2-4-18(21)13-17/h2-8,13H,9-12,14-15H2,1H3,(H,22,25). The highest BCUT2D eigenvalue weighted by atomic mass is 79.9. The second kappa shape index (κ2) is 9.17. The van der Waals surface area contributed by atoms with Gasteiger partial charge in [0.25, 0.3) is 0 Å². The Bertz CT molecular complexity index is 924. The van der Waals surface area contributed by atoms with Crippen LogP contribution in [0.1, 0.15) is 11.1 Å². The lowest BCUT2D eigenvalue weighted by atomic mass is 10.2. The number of nitrogens with one attached hydrogen (secondary N) is 1. The Kier molecular flexibility index (Phi) is 6.87. The SMILES string of the molecule is Cc1ccc(S(=O)(=O)N2CCN(CC(=O)NCc3cccc(Br)c3)CC2)cc1. The molecule has 8 heteroatoms. The minimum Gasteiger partial charge on any atom is -0.351 e. The summed E-state index contributed by atoms with van der Waals surface area (Å²) in [7, 11) is -3.48. The molecule has 28 heavy (non-hydrogen) atoms. The molecule has 1 aliphatic heterocycles. The molecule has 0 atom stereocenters. The fourth-order valence-corrected chi connectivity index (χ4v) is 4.96. The Morgan fingerprint density at radius 2 is 1.75 bits per heavy atom. The van der Waals surface area contributed by atoms with Crippen LogP contribution < -0.4 is 5.32 Å². The van der Waals surface area contributed by atoms with E-state index in [0.29, 0.717) is 37.6 Å². The van der Waals surface area contributed by atoms with Gasteiger partial charge in [0.2, 0.25) is 15.9 Å². The Balaban J connectivity index is 1.48. The molecule has 1 amide bonds. The number of nitrogens with zero attached hydrogens (tertiary/aromatic N) is 2. The zero-order valence-corrected chi connectivity index (χ0v) is 18.2. The Morgan fingerprint density at radius 3 is 2.39 bits per heavy atom. The largest absolute Gasteiger partial charge is 0.351 e. The van der Waals surface area contributed by atoms with Gasteiger partial charge in [0.15, 0.2) is 0 Å². The van der Waals surface area contributed by atoms with Crippen molar-refractivity contribution in [1.29, 1.82) is 0 Å². The van der Waals surface area contributed by atoms with Crippen molar-refractivity contribution < 1.29 is 13.2 Å². The van der Waals surface area contributed by atoms with E-state index in [-0.39, 0.29) is 12.5 Å². The molecule has 0 aliphatic carbocycles. The lowest BCUT2D eigenvalue weighted by Gasteiger charge is -2.33. The average molecular weight is 466 g/mol. The third kappa shape index (κ3) is 5.41. The summed E-state index contributed by atoms with van der Waals surface area (Å²) in [5.41, 5.74) is 2.05. The van der Waals surface area contributed by atoms with Crippen molar-refractivity contribution in [2.45, 2.75) is 18.4 Å². The number of benzene rings is 2. The molecule has 6 nitrogen and oxygen atoms in total. The van der Waals surface area contributed by atoms with Crippen molar-refractivity contribution >= 4 is 31.9 Å². The second-order valence-electron chi connectivity index (χ2n) is 6.90. The van der Waals surface area contributed by atoms with E-state index in [1.807, 2.05) is 36.1 Å². The average Bonchev–Trinajstić information content (AvgIpc) is 2.67. The molecule has 2 aromatic carbocycles. The third-order valence-corrected chi connectivity index (χ3v) is 7.14. The highest BCUT2D eigenvalue weighted by molar-refractivity contribution is 9.10. The molecule has 1 aliphatic rings. The van der Waals surface area contributed by atoms with Crippen LogP contribution in [-0.4, -0.2) is 56.3 Å². The first-order valence-electron chi connectivity index (χ1n) is 9.15. The topological polar surface area (TPSA) is 69.7 Å². The highest BCUT2D eigenvalue weighted by Gasteiger charge is 2.28. The molecular formula is C20H24BrN3O3S. The molecule has 1 saturated heterocycles. The van der Waals surface area contributed by atoms with Crippen LogP contribution in [0.3, 0.4) is 0 Å². The Morgan fingerprint density at radius 1 is 1.07 bits per heavy atom. The van der Waals surface area contributed by atoms with Gasteiger partial charge in [-0.3, -0.25) is 9.69 Å². The predicted molar refractivity (Wildman–Crippen MR) is 112 cm³/mol. The molecule has 0 aromatic heterocycles. The molecule has 1 heterocycles. The smallest absolute Gasteiger partial charge is 0.243 e. The summed E-state index contributed by atoms with van der Waals surface area (Å²) in [6.07, 6.45) is 0. The summed E-state index contributed by atoms with van der Waals surface area (Å²) in [6.45, 7) is 4.51. The van der Waals surface area contributed by atoms with E-state index in [2.05, 4.69) is 21.2 Å². The van der Waals surface area contributed by atoms with Gasteiger partial charge >= 0.3 is 0 Å². The number of amides is 1. The summed E-state index contributed by atoms with van der Waals surface area (Å²) < 4.78 is 27.9. The maximum absolute atomic E-state index is 12.7. The van der Waals surface area contributed by atoms with E-state index >= 15 is 0 Å². The van der Waals surface area contributed by atoms with E-state index in [4.69, 9.17) is 0 Å². The van der Waals surface area contributed by atoms with E-state index in [9.17, 15) is 13.2 Å². The van der Waals surface area contributed by atoms with Crippen LogP contribution in [0.5, 0.6) is 0 Å². The first-order valence-corrected chi connectivity index (χ1v) is 11.4. The number of hydrogen-bond donors (Lipinski definition) is 1. The van der Waals surface area contributed by atoms with Gasteiger partial charge in [0.1, 0.15) is 0 Å². The van der Waals surface area contributed by atoms with Crippen molar-refractivity contribution in [3.05, 3.63) is 64.1 Å². The first kappa shape index (κ1) is 21.0. The molecule has 0 radical (unpaired) electrons. The number of halogens is 1. The monoisotopic (exact) mass is 465 g/mol. The fourth-order valence-electron chi connectivity index (χ4n) is 3.09. The zero-order chi connectivity index (χ0) is 20.1. The van der Waals surface area contributed by atoms with Crippen molar-refractivity contribution in [2.75, 3.05) is 32.7 Å². The predicted octanol–water partition coefficient (Wildman–Crippen LogP) is 2.38. The second-order valence-corrected chi connectivity index (χ2v) is 9.75. The lowest BCUT2D eigenvalue weighted by Crippen LogP contribution is -2.50. The van der Waals surface area contributed by atoms with Gasteiger partial charge in [-0.2, -0.15) is 4.31 Å². The number of carbonyl (C=O) groups is 1. The van der Waals surface area contributed by atoms with Crippen LogP contribution in [0.15, 0.2) is 57.9 Å². The molecule has 0 bridgehead atoms. The van der Waals surface area contributed by atoms with Crippen LogP contribution in [0.4, 0.5) is 0 Å². The maximum atomic E-state index is 12.7. The molecule has 0 saturated carbocycles. The summed E-state index contributed by atoms with van der Waals surface area (Å²) in [4.78, 5) is 14.5. The number of carbonyl (C=O) groups excluding carboxylic acids is 1. The van der Waals surface area contributed by atoms with Crippen molar-refractivity contribution in [2.24, 2.45) is 0 Å². The van der Waals surface area contributed by atoms with Gasteiger partial charge in [-0.05, 0) is 36.8 Å².